The molecule has 0 fully saturated rings. The summed E-state index contributed by atoms with van der Waals surface area (Å²) in [5.41, 5.74) is 0. The van der Waals surface area contributed by atoms with Gasteiger partial charge in [0.05, 0.1) is 0 Å². The number of carbonyl (C=O) groups is 1. The van der Waals surface area contributed by atoms with Gasteiger partial charge in [-0.2, -0.15) is 5.06 Å². The van der Waals surface area contributed by atoms with Crippen LogP contribution in [0.4, 0.5) is 0 Å². The molecule has 1 aliphatic rings. The van der Waals surface area contributed by atoms with E-state index in [1.165, 1.54) is 11.3 Å². The summed E-state index contributed by atoms with van der Waals surface area (Å²) in [6.07, 6.45) is 4.70. The van der Waals surface area contributed by atoms with E-state index in [2.05, 4.69) is 0 Å². The second-order valence-electron chi connectivity index (χ2n) is 1.91. The van der Waals surface area contributed by atoms with Gasteiger partial charge in [-0.25, -0.2) is 0 Å². The average molecular weight is 157 g/mol. The van der Waals surface area contributed by atoms with Crippen LogP contribution in [-0.2, 0) is 9.63 Å². The highest BCUT2D eigenvalue weighted by molar-refractivity contribution is 5.75. The van der Waals surface area contributed by atoms with E-state index >= 15 is 0 Å². The molecule has 0 saturated carbocycles. The summed E-state index contributed by atoms with van der Waals surface area (Å²) in [6, 6.07) is 0. The van der Waals surface area contributed by atoms with Gasteiger partial charge in [0.1, 0.15) is 6.26 Å². The van der Waals surface area contributed by atoms with Gasteiger partial charge in [-0.05, 0) is 12.5 Å². The Morgan fingerprint density at radius 2 is 2.18 bits per heavy atom. The van der Waals surface area contributed by atoms with Gasteiger partial charge >= 0.3 is 0 Å². The lowest BCUT2D eigenvalue weighted by atomic mass is 10.3. The quantitative estimate of drug-likeness (QED) is 0.535. The van der Waals surface area contributed by atoms with Crippen LogP contribution in [0.5, 0.6) is 0 Å². The molecule has 0 spiro atoms. The molecule has 0 atom stereocenters. The SMILES string of the molecule is CC.CN1OC=CCCC1=O. The Bertz CT molecular complexity index is 143. The zero-order chi connectivity index (χ0) is 8.69. The smallest absolute Gasteiger partial charge is 0.255 e. The maximum absolute atomic E-state index is 10.8. The van der Waals surface area contributed by atoms with E-state index in [4.69, 9.17) is 4.84 Å². The zero-order valence-corrected chi connectivity index (χ0v) is 7.33. The molecular formula is C8H15NO2. The van der Waals surface area contributed by atoms with Gasteiger partial charge < -0.3 is 4.84 Å². The molecule has 0 saturated heterocycles. The molecule has 0 aromatic rings. The van der Waals surface area contributed by atoms with Crippen LogP contribution in [0, 0.1) is 0 Å². The minimum absolute atomic E-state index is 0.0278. The Morgan fingerprint density at radius 1 is 1.55 bits per heavy atom. The maximum atomic E-state index is 10.8. The number of allylic oxidation sites excluding steroid dienone is 1. The van der Waals surface area contributed by atoms with Crippen LogP contribution in [0.25, 0.3) is 0 Å². The third-order valence-electron chi connectivity index (χ3n) is 1.19. The Hall–Kier alpha value is -0.990. The van der Waals surface area contributed by atoms with Gasteiger partial charge in [0.25, 0.3) is 5.91 Å². The number of carbonyl (C=O) groups excluding carboxylic acids is 1. The van der Waals surface area contributed by atoms with E-state index in [0.717, 1.165) is 6.42 Å². The molecule has 3 nitrogen and oxygen atoms in total. The molecule has 1 amide bonds. The lowest BCUT2D eigenvalue weighted by Gasteiger charge is -2.11. The van der Waals surface area contributed by atoms with Crippen molar-refractivity contribution in [1.29, 1.82) is 0 Å². The van der Waals surface area contributed by atoms with E-state index in [1.54, 1.807) is 7.05 Å². The fourth-order valence-corrected chi connectivity index (χ4v) is 0.625. The lowest BCUT2D eigenvalue weighted by molar-refractivity contribution is -0.160. The monoisotopic (exact) mass is 157 g/mol. The fourth-order valence-electron chi connectivity index (χ4n) is 0.625. The molecule has 0 bridgehead atoms. The number of hydroxylamine groups is 2. The molecular weight excluding hydrogens is 142 g/mol. The molecule has 0 aromatic heterocycles. The first kappa shape index (κ1) is 10.0. The van der Waals surface area contributed by atoms with Gasteiger partial charge in [0, 0.05) is 13.5 Å². The highest BCUT2D eigenvalue weighted by atomic mass is 16.7. The van der Waals surface area contributed by atoms with Crippen molar-refractivity contribution in [2.75, 3.05) is 7.05 Å². The minimum atomic E-state index is 0.0278. The molecule has 64 valence electrons. The molecule has 1 rings (SSSR count). The van der Waals surface area contributed by atoms with Gasteiger partial charge in [-0.3, -0.25) is 4.79 Å². The molecule has 0 N–H and O–H groups in total. The molecule has 0 aliphatic carbocycles. The Labute approximate surface area is 67.6 Å². The zero-order valence-electron chi connectivity index (χ0n) is 7.33. The summed E-state index contributed by atoms with van der Waals surface area (Å²) in [5.74, 6) is 0.0278. The molecule has 3 heteroatoms. The van der Waals surface area contributed by atoms with Crippen molar-refractivity contribution in [1.82, 2.24) is 5.06 Å². The van der Waals surface area contributed by atoms with Crippen molar-refractivity contribution in [3.63, 3.8) is 0 Å². The highest BCUT2D eigenvalue weighted by Gasteiger charge is 2.08. The van der Waals surface area contributed by atoms with Crippen LogP contribution < -0.4 is 0 Å². The minimum Gasteiger partial charge on any atom is -0.385 e. The van der Waals surface area contributed by atoms with E-state index in [0.29, 0.717) is 6.42 Å². The largest absolute Gasteiger partial charge is 0.385 e. The third kappa shape index (κ3) is 3.65. The van der Waals surface area contributed by atoms with Crippen molar-refractivity contribution in [3.8, 4) is 0 Å². The number of hydrogen-bond donors (Lipinski definition) is 0. The standard InChI is InChI=1S/C6H9NO2.C2H6/c1-7-6(8)4-2-3-5-9-7;1-2/h3,5H,2,4H2,1H3;1-2H3. The average Bonchev–Trinajstić information content (AvgIpc) is 2.22. The molecule has 11 heavy (non-hydrogen) atoms. The topological polar surface area (TPSA) is 29.5 Å². The number of rotatable bonds is 0. The van der Waals surface area contributed by atoms with Crippen molar-refractivity contribution in [2.24, 2.45) is 0 Å². The predicted molar refractivity (Wildman–Crippen MR) is 43.6 cm³/mol. The summed E-state index contributed by atoms with van der Waals surface area (Å²) < 4.78 is 0. The predicted octanol–water partition coefficient (Wildman–Crippen LogP) is 1.71. The van der Waals surface area contributed by atoms with Crippen molar-refractivity contribution in [3.05, 3.63) is 12.3 Å². The van der Waals surface area contributed by atoms with Gasteiger partial charge in [-0.15, -0.1) is 0 Å². The van der Waals surface area contributed by atoms with Crippen molar-refractivity contribution in [2.45, 2.75) is 26.7 Å². The number of nitrogens with zero attached hydrogens (tertiary/aromatic N) is 1. The molecule has 1 heterocycles. The second-order valence-corrected chi connectivity index (χ2v) is 1.91. The normalized spacial score (nSPS) is 16.3. The maximum Gasteiger partial charge on any atom is 0.255 e. The molecule has 0 radical (unpaired) electrons. The Kier molecular flexibility index (Phi) is 5.25. The lowest BCUT2D eigenvalue weighted by Crippen LogP contribution is -2.23. The van der Waals surface area contributed by atoms with Crippen LogP contribution in [0.1, 0.15) is 26.7 Å². The van der Waals surface area contributed by atoms with Crippen LogP contribution in [0.2, 0.25) is 0 Å². The van der Waals surface area contributed by atoms with Gasteiger partial charge in [0.15, 0.2) is 0 Å². The molecule has 0 unspecified atom stereocenters. The van der Waals surface area contributed by atoms with Crippen LogP contribution >= 0.6 is 0 Å². The van der Waals surface area contributed by atoms with E-state index < -0.39 is 0 Å². The Balaban J connectivity index is 0.000000461. The molecule has 1 aliphatic heterocycles. The summed E-state index contributed by atoms with van der Waals surface area (Å²) in [6.45, 7) is 4.00. The summed E-state index contributed by atoms with van der Waals surface area (Å²) in [7, 11) is 1.61. The Morgan fingerprint density at radius 3 is 2.82 bits per heavy atom. The van der Waals surface area contributed by atoms with E-state index in [1.807, 2.05) is 19.9 Å². The highest BCUT2D eigenvalue weighted by Crippen LogP contribution is 2.02. The third-order valence-corrected chi connectivity index (χ3v) is 1.19. The number of hydrogen-bond acceptors (Lipinski definition) is 2. The molecule has 0 aromatic carbocycles. The van der Waals surface area contributed by atoms with Gasteiger partial charge in [-0.1, -0.05) is 13.8 Å². The fraction of sp³-hybridized carbons (Fsp3) is 0.625. The first-order valence-electron chi connectivity index (χ1n) is 3.89. The first-order chi connectivity index (χ1) is 5.30. The van der Waals surface area contributed by atoms with Crippen molar-refractivity contribution < 1.29 is 9.63 Å². The van der Waals surface area contributed by atoms with E-state index in [-0.39, 0.29) is 5.91 Å². The first-order valence-corrected chi connectivity index (χ1v) is 3.89. The summed E-state index contributed by atoms with van der Waals surface area (Å²) >= 11 is 0. The van der Waals surface area contributed by atoms with Crippen LogP contribution in [-0.4, -0.2) is 18.0 Å². The second kappa shape index (κ2) is 5.77. The van der Waals surface area contributed by atoms with Crippen LogP contribution in [0.15, 0.2) is 12.3 Å². The van der Waals surface area contributed by atoms with E-state index in [9.17, 15) is 4.79 Å². The summed E-state index contributed by atoms with van der Waals surface area (Å²) in [4.78, 5) is 15.6. The number of amides is 1. The van der Waals surface area contributed by atoms with Gasteiger partial charge in [0.2, 0.25) is 0 Å². The van der Waals surface area contributed by atoms with Crippen LogP contribution in [0.3, 0.4) is 0 Å². The van der Waals surface area contributed by atoms with Crippen molar-refractivity contribution >= 4 is 5.91 Å². The summed E-state index contributed by atoms with van der Waals surface area (Å²) in [5, 5.41) is 1.24.